The number of imidazole rings is 1. The van der Waals surface area contributed by atoms with Gasteiger partial charge >= 0.3 is 0 Å². The standard InChI is InChI=1S/C29H29F2N7O3/c1-17-13-19(3-4-20(17)29(40)37-11-9-36(10-12-37)28(39)18-14-32-15-18)35-26-27-34-16-22(38(27)8-7-33-26)21-5-6-23(41-2)25(31)24(21)30/h3-8,13,16,18,32H,9-12,14-15H2,1-2H3,(H,33,35). The van der Waals surface area contributed by atoms with Gasteiger partial charge in [-0.2, -0.15) is 4.39 Å². The van der Waals surface area contributed by atoms with Crippen LogP contribution in [0.25, 0.3) is 16.9 Å². The highest BCUT2D eigenvalue weighted by atomic mass is 19.2. The highest BCUT2D eigenvalue weighted by molar-refractivity contribution is 5.96. The predicted molar refractivity (Wildman–Crippen MR) is 148 cm³/mol. The van der Waals surface area contributed by atoms with Crippen LogP contribution in [-0.2, 0) is 4.79 Å². The Hall–Kier alpha value is -4.58. The number of carbonyl (C=O) groups excluding carboxylic acids is 2. The molecule has 0 aliphatic carbocycles. The highest BCUT2D eigenvalue weighted by Crippen LogP contribution is 2.31. The van der Waals surface area contributed by atoms with E-state index in [2.05, 4.69) is 20.6 Å². The first-order valence-electron chi connectivity index (χ1n) is 13.4. The third kappa shape index (κ3) is 4.84. The van der Waals surface area contributed by atoms with Crippen molar-refractivity contribution in [3.63, 3.8) is 0 Å². The van der Waals surface area contributed by atoms with E-state index < -0.39 is 11.6 Å². The molecule has 0 radical (unpaired) electrons. The van der Waals surface area contributed by atoms with Crippen LogP contribution in [0.2, 0.25) is 0 Å². The summed E-state index contributed by atoms with van der Waals surface area (Å²) in [6, 6.07) is 8.22. The van der Waals surface area contributed by atoms with Crippen molar-refractivity contribution < 1.29 is 23.1 Å². The molecule has 10 nitrogen and oxygen atoms in total. The zero-order valence-corrected chi connectivity index (χ0v) is 22.7. The Morgan fingerprint density at radius 1 is 1.02 bits per heavy atom. The van der Waals surface area contributed by atoms with Crippen LogP contribution in [0.5, 0.6) is 5.75 Å². The lowest BCUT2D eigenvalue weighted by Gasteiger charge is -2.38. The monoisotopic (exact) mass is 561 g/mol. The van der Waals surface area contributed by atoms with Crippen LogP contribution in [0.4, 0.5) is 20.3 Å². The Balaban J connectivity index is 1.18. The molecule has 0 spiro atoms. The Bertz CT molecular complexity index is 1650. The van der Waals surface area contributed by atoms with Gasteiger partial charge in [0.2, 0.25) is 11.7 Å². The summed E-state index contributed by atoms with van der Waals surface area (Å²) in [4.78, 5) is 38.2. The first-order chi connectivity index (χ1) is 19.9. The maximum absolute atomic E-state index is 14.8. The molecule has 2 fully saturated rings. The van der Waals surface area contributed by atoms with Gasteiger partial charge in [0.15, 0.2) is 23.0 Å². The molecule has 2 saturated heterocycles. The van der Waals surface area contributed by atoms with Crippen molar-refractivity contribution in [3.05, 3.63) is 71.7 Å². The SMILES string of the molecule is COc1ccc(-c2cnc3c(Nc4ccc(C(=O)N5CCN(C(=O)C6CNC6)CC5)c(C)c4)nccn23)c(F)c1F. The average Bonchev–Trinajstić information content (AvgIpc) is 3.38. The van der Waals surface area contributed by atoms with E-state index in [1.807, 2.05) is 17.9 Å². The molecule has 0 atom stereocenters. The van der Waals surface area contributed by atoms with Crippen molar-refractivity contribution in [2.45, 2.75) is 6.92 Å². The zero-order valence-electron chi connectivity index (χ0n) is 22.7. The summed E-state index contributed by atoms with van der Waals surface area (Å²) in [6.07, 6.45) is 4.61. The third-order valence-electron chi connectivity index (χ3n) is 7.70. The number of amides is 2. The van der Waals surface area contributed by atoms with Crippen molar-refractivity contribution in [1.29, 1.82) is 0 Å². The van der Waals surface area contributed by atoms with E-state index in [1.165, 1.54) is 31.6 Å². The number of anilines is 2. The Labute approximate surface area is 234 Å². The predicted octanol–water partition coefficient (Wildman–Crippen LogP) is 3.24. The van der Waals surface area contributed by atoms with E-state index in [9.17, 15) is 18.4 Å². The quantitative estimate of drug-likeness (QED) is 0.373. The van der Waals surface area contributed by atoms with E-state index in [1.54, 1.807) is 27.6 Å². The Morgan fingerprint density at radius 3 is 2.46 bits per heavy atom. The number of aryl methyl sites for hydroxylation is 1. The number of hydrogen-bond acceptors (Lipinski definition) is 7. The summed E-state index contributed by atoms with van der Waals surface area (Å²) in [5.41, 5.74) is 2.87. The van der Waals surface area contributed by atoms with Gasteiger partial charge in [-0.25, -0.2) is 14.4 Å². The van der Waals surface area contributed by atoms with E-state index in [0.29, 0.717) is 54.6 Å². The number of nitrogens with one attached hydrogen (secondary N) is 2. The Kier molecular flexibility index (Phi) is 7.00. The minimum absolute atomic E-state index is 0.0388. The largest absolute Gasteiger partial charge is 0.494 e. The summed E-state index contributed by atoms with van der Waals surface area (Å²) in [7, 11) is 1.28. The van der Waals surface area contributed by atoms with Crippen LogP contribution < -0.4 is 15.4 Å². The van der Waals surface area contributed by atoms with Crippen molar-refractivity contribution in [1.82, 2.24) is 29.5 Å². The average molecular weight is 562 g/mol. The number of piperazine rings is 1. The number of ether oxygens (including phenoxy) is 1. The maximum Gasteiger partial charge on any atom is 0.254 e. The molecule has 0 bridgehead atoms. The lowest BCUT2D eigenvalue weighted by Crippen LogP contribution is -2.57. The number of rotatable bonds is 6. The normalized spacial score (nSPS) is 15.6. The summed E-state index contributed by atoms with van der Waals surface area (Å²) >= 11 is 0. The van der Waals surface area contributed by atoms with Gasteiger partial charge in [0, 0.05) is 68.5 Å². The van der Waals surface area contributed by atoms with E-state index in [4.69, 9.17) is 4.74 Å². The molecule has 4 heterocycles. The number of fused-ring (bicyclic) bond motifs is 1. The zero-order chi connectivity index (χ0) is 28.7. The fourth-order valence-corrected chi connectivity index (χ4v) is 5.23. The first-order valence-corrected chi connectivity index (χ1v) is 13.4. The van der Waals surface area contributed by atoms with Gasteiger partial charge in [0.25, 0.3) is 5.91 Å². The van der Waals surface area contributed by atoms with Crippen LogP contribution in [0.15, 0.2) is 48.9 Å². The molecular formula is C29H29F2N7O3. The minimum Gasteiger partial charge on any atom is -0.494 e. The van der Waals surface area contributed by atoms with E-state index in [-0.39, 0.29) is 29.0 Å². The molecule has 2 aliphatic heterocycles. The number of methoxy groups -OCH3 is 1. The number of aromatic nitrogens is 3. The lowest BCUT2D eigenvalue weighted by molar-refractivity contribution is -0.138. The summed E-state index contributed by atoms with van der Waals surface area (Å²) < 4.78 is 35.6. The molecule has 0 saturated carbocycles. The topological polar surface area (TPSA) is 104 Å². The minimum atomic E-state index is -1.07. The molecular weight excluding hydrogens is 532 g/mol. The van der Waals surface area contributed by atoms with Crippen LogP contribution in [0, 0.1) is 24.5 Å². The molecule has 0 unspecified atom stereocenters. The van der Waals surface area contributed by atoms with Crippen LogP contribution in [-0.4, -0.2) is 82.4 Å². The van der Waals surface area contributed by atoms with Gasteiger partial charge in [-0.1, -0.05) is 0 Å². The van der Waals surface area contributed by atoms with Gasteiger partial charge in [0.1, 0.15) is 0 Å². The third-order valence-corrected chi connectivity index (χ3v) is 7.70. The van der Waals surface area contributed by atoms with Gasteiger partial charge in [-0.15, -0.1) is 0 Å². The number of halogens is 2. The molecule has 12 heteroatoms. The number of hydrogen-bond donors (Lipinski definition) is 2. The molecule has 2 amide bonds. The second-order valence-corrected chi connectivity index (χ2v) is 10.2. The fraction of sp³-hybridized carbons (Fsp3) is 0.310. The summed E-state index contributed by atoms with van der Waals surface area (Å²) in [5.74, 6) is -1.72. The maximum atomic E-state index is 14.8. The summed E-state index contributed by atoms with van der Waals surface area (Å²) in [5, 5.41) is 6.35. The number of benzene rings is 2. The smallest absolute Gasteiger partial charge is 0.254 e. The molecule has 2 aromatic carbocycles. The van der Waals surface area contributed by atoms with Crippen LogP contribution >= 0.6 is 0 Å². The number of nitrogens with zero attached hydrogens (tertiary/aromatic N) is 5. The first kappa shape index (κ1) is 26.6. The fourth-order valence-electron chi connectivity index (χ4n) is 5.23. The van der Waals surface area contributed by atoms with E-state index >= 15 is 0 Å². The highest BCUT2D eigenvalue weighted by Gasteiger charge is 2.32. The van der Waals surface area contributed by atoms with Crippen LogP contribution in [0.1, 0.15) is 15.9 Å². The molecule has 212 valence electrons. The lowest BCUT2D eigenvalue weighted by atomic mass is 10.0. The van der Waals surface area contributed by atoms with Gasteiger partial charge in [0.05, 0.1) is 24.9 Å². The van der Waals surface area contributed by atoms with Crippen LogP contribution in [0.3, 0.4) is 0 Å². The summed E-state index contributed by atoms with van der Waals surface area (Å²) in [6.45, 7) is 5.39. The Morgan fingerprint density at radius 2 is 1.78 bits per heavy atom. The van der Waals surface area contributed by atoms with Crippen molar-refractivity contribution in [2.24, 2.45) is 5.92 Å². The van der Waals surface area contributed by atoms with Gasteiger partial charge in [-0.3, -0.25) is 14.0 Å². The molecule has 41 heavy (non-hydrogen) atoms. The van der Waals surface area contributed by atoms with Crippen molar-refractivity contribution in [3.8, 4) is 17.0 Å². The van der Waals surface area contributed by atoms with Crippen molar-refractivity contribution in [2.75, 3.05) is 51.7 Å². The van der Waals surface area contributed by atoms with Gasteiger partial charge < -0.3 is 25.2 Å². The molecule has 6 rings (SSSR count). The molecule has 2 aliphatic rings. The van der Waals surface area contributed by atoms with Gasteiger partial charge in [-0.05, 0) is 42.8 Å². The molecule has 2 N–H and O–H groups in total. The molecule has 4 aromatic rings. The second-order valence-electron chi connectivity index (χ2n) is 10.2. The van der Waals surface area contributed by atoms with E-state index in [0.717, 1.165) is 18.7 Å². The number of carbonyl (C=O) groups is 2. The van der Waals surface area contributed by atoms with Crippen molar-refractivity contribution >= 4 is 29.0 Å². The second kappa shape index (κ2) is 10.8. The molecule has 2 aromatic heterocycles.